The van der Waals surface area contributed by atoms with Gasteiger partial charge < -0.3 is 10.2 Å². The van der Waals surface area contributed by atoms with Crippen LogP contribution in [0.15, 0.2) is 42.6 Å². The Labute approximate surface area is 157 Å². The average Bonchev–Trinajstić information content (AvgIpc) is 3.30. The van der Waals surface area contributed by atoms with E-state index in [1.165, 1.54) is 35.2 Å². The van der Waals surface area contributed by atoms with Gasteiger partial charge in [0.05, 0.1) is 5.69 Å². The van der Waals surface area contributed by atoms with Crippen LogP contribution in [0, 0.1) is 5.82 Å². The summed E-state index contributed by atoms with van der Waals surface area (Å²) in [6.07, 6.45) is 5.29. The van der Waals surface area contributed by atoms with E-state index < -0.39 is 5.82 Å². The molecule has 0 bridgehead atoms. The van der Waals surface area contributed by atoms with Crippen LogP contribution in [0.3, 0.4) is 0 Å². The van der Waals surface area contributed by atoms with Gasteiger partial charge in [-0.05, 0) is 55.7 Å². The summed E-state index contributed by atoms with van der Waals surface area (Å²) in [5.74, 6) is -0.669. The quantitative estimate of drug-likeness (QED) is 0.733. The van der Waals surface area contributed by atoms with Crippen molar-refractivity contribution >= 4 is 22.9 Å². The largest absolute Gasteiger partial charge is 0.372 e. The number of benzene rings is 1. The molecule has 0 atom stereocenters. The van der Waals surface area contributed by atoms with E-state index in [0.29, 0.717) is 23.5 Å². The third kappa shape index (κ3) is 3.52. The Morgan fingerprint density at radius 2 is 1.89 bits per heavy atom. The maximum atomic E-state index is 13.7. The van der Waals surface area contributed by atoms with Crippen LogP contribution in [-0.4, -0.2) is 28.4 Å². The summed E-state index contributed by atoms with van der Waals surface area (Å²) in [4.78, 5) is 19.8. The third-order valence-corrected chi connectivity index (χ3v) is 4.95. The molecule has 0 radical (unpaired) electrons. The molecule has 1 aliphatic rings. The molecule has 1 aromatic carbocycles. The van der Waals surface area contributed by atoms with Crippen molar-refractivity contribution in [2.45, 2.75) is 32.6 Å². The molecule has 27 heavy (non-hydrogen) atoms. The number of hydrogen-bond donors (Lipinski definition) is 1. The van der Waals surface area contributed by atoms with Crippen LogP contribution in [0.25, 0.3) is 5.65 Å². The molecule has 1 fully saturated rings. The molecule has 140 valence electrons. The lowest BCUT2D eigenvalue weighted by Gasteiger charge is -2.17. The molecule has 3 aromatic rings. The number of imidazole rings is 1. The van der Waals surface area contributed by atoms with E-state index in [-0.39, 0.29) is 5.91 Å². The van der Waals surface area contributed by atoms with Crippen LogP contribution < -0.4 is 10.2 Å². The number of nitrogens with zero attached hydrogens (tertiary/aromatic N) is 3. The summed E-state index contributed by atoms with van der Waals surface area (Å²) >= 11 is 0. The summed E-state index contributed by atoms with van der Waals surface area (Å²) in [5.41, 5.74) is 3.56. The van der Waals surface area contributed by atoms with E-state index in [4.69, 9.17) is 0 Å². The maximum absolute atomic E-state index is 13.7. The van der Waals surface area contributed by atoms with Gasteiger partial charge in [-0.3, -0.25) is 9.20 Å². The highest BCUT2D eigenvalue weighted by atomic mass is 19.1. The Morgan fingerprint density at radius 1 is 1.15 bits per heavy atom. The van der Waals surface area contributed by atoms with Gasteiger partial charge >= 0.3 is 0 Å². The van der Waals surface area contributed by atoms with Gasteiger partial charge in [-0.1, -0.05) is 13.3 Å². The molecule has 1 aliphatic heterocycles. The number of carbonyl (C=O) groups is 1. The van der Waals surface area contributed by atoms with Crippen molar-refractivity contribution in [3.05, 3.63) is 59.8 Å². The molecule has 0 unspecified atom stereocenters. The Balaban J connectivity index is 1.60. The summed E-state index contributed by atoms with van der Waals surface area (Å²) in [6, 6.07) is 10.8. The van der Waals surface area contributed by atoms with Crippen molar-refractivity contribution in [1.82, 2.24) is 9.38 Å². The lowest BCUT2D eigenvalue weighted by atomic mass is 10.2. The monoisotopic (exact) mass is 366 g/mol. The number of nitrogens with one attached hydrogen (secondary N) is 1. The van der Waals surface area contributed by atoms with Gasteiger partial charge in [0.2, 0.25) is 0 Å². The number of carbonyl (C=O) groups excluding carboxylic acids is 1. The zero-order valence-electron chi connectivity index (χ0n) is 15.4. The van der Waals surface area contributed by atoms with Crippen LogP contribution in [-0.2, 0) is 6.42 Å². The fourth-order valence-corrected chi connectivity index (χ4v) is 3.64. The molecule has 2 aromatic heterocycles. The summed E-state index contributed by atoms with van der Waals surface area (Å²) in [7, 11) is 0. The number of hydrogen-bond acceptors (Lipinski definition) is 3. The second-order valence-electron chi connectivity index (χ2n) is 6.93. The van der Waals surface area contributed by atoms with Crippen molar-refractivity contribution in [2.75, 3.05) is 23.3 Å². The van der Waals surface area contributed by atoms with Crippen LogP contribution in [0.4, 0.5) is 15.8 Å². The second kappa shape index (κ2) is 7.39. The van der Waals surface area contributed by atoms with Crippen molar-refractivity contribution in [2.24, 2.45) is 0 Å². The number of aromatic nitrogens is 2. The van der Waals surface area contributed by atoms with Gasteiger partial charge in [-0.15, -0.1) is 0 Å². The Kier molecular flexibility index (Phi) is 4.79. The van der Waals surface area contributed by atoms with E-state index in [2.05, 4.69) is 15.2 Å². The highest BCUT2D eigenvalue weighted by Gasteiger charge is 2.19. The fraction of sp³-hybridized carbons (Fsp3) is 0.333. The minimum absolute atomic E-state index is 0.273. The van der Waals surface area contributed by atoms with Gasteiger partial charge in [-0.2, -0.15) is 0 Å². The molecule has 6 heteroatoms. The Hall–Kier alpha value is -2.89. The zero-order valence-corrected chi connectivity index (χ0v) is 15.4. The van der Waals surface area contributed by atoms with Crippen LogP contribution in [0.5, 0.6) is 0 Å². The number of anilines is 2. The first-order valence-corrected chi connectivity index (χ1v) is 9.48. The first kappa shape index (κ1) is 17.5. The van der Waals surface area contributed by atoms with Crippen molar-refractivity contribution in [1.29, 1.82) is 0 Å². The number of amides is 1. The smallest absolute Gasteiger partial charge is 0.274 e. The Morgan fingerprint density at radius 3 is 2.59 bits per heavy atom. The van der Waals surface area contributed by atoms with Crippen molar-refractivity contribution in [3.8, 4) is 0 Å². The first-order valence-electron chi connectivity index (χ1n) is 9.48. The number of aryl methyl sites for hydroxylation is 1. The molecule has 0 spiro atoms. The highest BCUT2D eigenvalue weighted by Crippen LogP contribution is 2.23. The molecule has 3 heterocycles. The van der Waals surface area contributed by atoms with Crippen LogP contribution in [0.2, 0.25) is 0 Å². The van der Waals surface area contributed by atoms with Crippen LogP contribution >= 0.6 is 0 Å². The number of halogens is 1. The molecule has 4 rings (SSSR count). The predicted octanol–water partition coefficient (Wildman–Crippen LogP) is 4.28. The lowest BCUT2D eigenvalue weighted by Crippen LogP contribution is -2.18. The normalized spacial score (nSPS) is 14.1. The van der Waals surface area contributed by atoms with E-state index in [9.17, 15) is 9.18 Å². The minimum atomic E-state index is -0.396. The highest BCUT2D eigenvalue weighted by molar-refractivity contribution is 6.04. The zero-order chi connectivity index (χ0) is 18.8. The van der Waals surface area contributed by atoms with Crippen molar-refractivity contribution in [3.63, 3.8) is 0 Å². The Bertz CT molecular complexity index is 958. The second-order valence-corrected chi connectivity index (χ2v) is 6.93. The van der Waals surface area contributed by atoms with Gasteiger partial charge in [-0.25, -0.2) is 9.37 Å². The molecular weight excluding hydrogens is 343 g/mol. The standard InChI is InChI=1S/C21H23FN4O/c1-2-5-18-20(26-14-15(22)6-11-19(26)24-18)21(27)23-16-7-9-17(10-8-16)25-12-3-4-13-25/h6-11,14H,2-5,12-13H2,1H3,(H,23,27). The number of pyridine rings is 1. The molecule has 1 amide bonds. The maximum Gasteiger partial charge on any atom is 0.274 e. The SMILES string of the molecule is CCCc1nc2ccc(F)cn2c1C(=O)Nc1ccc(N2CCCC2)cc1. The number of rotatable bonds is 5. The first-order chi connectivity index (χ1) is 13.2. The lowest BCUT2D eigenvalue weighted by molar-refractivity contribution is 0.102. The fourth-order valence-electron chi connectivity index (χ4n) is 3.64. The molecule has 1 saturated heterocycles. The predicted molar refractivity (Wildman–Crippen MR) is 105 cm³/mol. The van der Waals surface area contributed by atoms with E-state index in [1.54, 1.807) is 6.07 Å². The summed E-state index contributed by atoms with van der Waals surface area (Å²) < 4.78 is 15.2. The molecule has 5 nitrogen and oxygen atoms in total. The molecule has 1 N–H and O–H groups in total. The van der Waals surface area contributed by atoms with Gasteiger partial charge in [0, 0.05) is 30.7 Å². The van der Waals surface area contributed by atoms with Crippen molar-refractivity contribution < 1.29 is 9.18 Å². The topological polar surface area (TPSA) is 49.6 Å². The van der Waals surface area contributed by atoms with E-state index >= 15 is 0 Å². The van der Waals surface area contributed by atoms with Gasteiger partial charge in [0.15, 0.2) is 0 Å². The number of fused-ring (bicyclic) bond motifs is 1. The van der Waals surface area contributed by atoms with Crippen LogP contribution in [0.1, 0.15) is 42.4 Å². The molecule has 0 saturated carbocycles. The average molecular weight is 366 g/mol. The van der Waals surface area contributed by atoms with E-state index in [1.807, 2.05) is 31.2 Å². The summed E-state index contributed by atoms with van der Waals surface area (Å²) in [6.45, 7) is 4.20. The van der Waals surface area contributed by atoms with Gasteiger partial charge in [0.1, 0.15) is 17.2 Å². The molecule has 0 aliphatic carbocycles. The third-order valence-electron chi connectivity index (χ3n) is 4.95. The van der Waals surface area contributed by atoms with E-state index in [0.717, 1.165) is 25.2 Å². The minimum Gasteiger partial charge on any atom is -0.372 e. The summed E-state index contributed by atoms with van der Waals surface area (Å²) in [5, 5.41) is 2.93. The molecular formula is C21H23FN4O. The van der Waals surface area contributed by atoms with Gasteiger partial charge in [0.25, 0.3) is 5.91 Å².